The summed E-state index contributed by atoms with van der Waals surface area (Å²) in [6.45, 7) is 6.76. The van der Waals surface area contributed by atoms with Gasteiger partial charge < -0.3 is 14.1 Å². The Balaban J connectivity index is 1.15. The number of fused-ring (bicyclic) bond motifs is 19. The second-order valence-electron chi connectivity index (χ2n) is 19.9. The third-order valence-electron chi connectivity index (χ3n) is 15.6. The van der Waals surface area contributed by atoms with Crippen molar-refractivity contribution in [2.24, 2.45) is 0 Å². The van der Waals surface area contributed by atoms with Crippen molar-refractivity contribution in [1.82, 2.24) is 0 Å². The molecule has 0 bridgehead atoms. The Morgan fingerprint density at radius 2 is 1.09 bits per heavy atom. The van der Waals surface area contributed by atoms with Gasteiger partial charge in [0.2, 0.25) is 0 Å². The lowest BCUT2D eigenvalue weighted by Crippen LogP contribution is -2.78. The highest BCUT2D eigenvalue weighted by Gasteiger charge is 2.58. The van der Waals surface area contributed by atoms with Crippen LogP contribution in [0.1, 0.15) is 26.3 Å². The SMILES string of the molecule is CC(C)(C)c1ccc(N2c3cc4ccccc4c4c3B(c3c2ccc2oc5ccccc5c32)N2c3ccccc3[Si]3(c5ccccc5-c5ccccc53)c3cccc-4c32)c(-c2ccccc2)c1. The number of hydrogen-bond acceptors (Lipinski definition) is 3. The molecule has 0 saturated heterocycles. The summed E-state index contributed by atoms with van der Waals surface area (Å²) in [7, 11) is -2.86. The van der Waals surface area contributed by atoms with Crippen molar-refractivity contribution in [3.05, 3.63) is 212 Å². The predicted molar refractivity (Wildman–Crippen MR) is 285 cm³/mol. The minimum absolute atomic E-state index is 0.0406. The molecule has 1 aromatic heterocycles. The zero-order valence-electron chi connectivity index (χ0n) is 37.5. The Morgan fingerprint density at radius 1 is 0.448 bits per heavy atom. The van der Waals surface area contributed by atoms with Crippen molar-refractivity contribution in [3.63, 3.8) is 0 Å². The molecule has 67 heavy (non-hydrogen) atoms. The summed E-state index contributed by atoms with van der Waals surface area (Å²) in [4.78, 5) is 5.39. The third-order valence-corrected chi connectivity index (χ3v) is 20.5. The zero-order chi connectivity index (χ0) is 44.3. The van der Waals surface area contributed by atoms with Gasteiger partial charge in [0, 0.05) is 44.6 Å². The van der Waals surface area contributed by atoms with Crippen LogP contribution >= 0.6 is 0 Å². The molecule has 11 aromatic rings. The normalized spacial score (nSPS) is 14.5. The van der Waals surface area contributed by atoms with Crippen molar-refractivity contribution in [1.29, 1.82) is 0 Å². The number of nitrogens with zero attached hydrogens (tertiary/aromatic N) is 2. The number of para-hydroxylation sites is 3. The lowest BCUT2D eigenvalue weighted by atomic mass is 9.42. The van der Waals surface area contributed by atoms with Crippen LogP contribution in [0, 0.1) is 0 Å². The van der Waals surface area contributed by atoms with Gasteiger partial charge in [-0.1, -0.05) is 185 Å². The molecule has 0 unspecified atom stereocenters. The van der Waals surface area contributed by atoms with Gasteiger partial charge in [-0.3, -0.25) is 0 Å². The van der Waals surface area contributed by atoms with Crippen LogP contribution in [0.2, 0.25) is 0 Å². The first-order valence-electron chi connectivity index (χ1n) is 23.6. The van der Waals surface area contributed by atoms with E-state index in [-0.39, 0.29) is 12.3 Å². The molecule has 0 N–H and O–H groups in total. The molecule has 314 valence electrons. The van der Waals surface area contributed by atoms with E-state index in [1.165, 1.54) is 110 Å². The monoisotopic (exact) mass is 870 g/mol. The Labute approximate surface area is 391 Å². The van der Waals surface area contributed by atoms with E-state index in [0.29, 0.717) is 0 Å². The Bertz CT molecular complexity index is 3910. The van der Waals surface area contributed by atoms with Crippen molar-refractivity contribution in [2.75, 3.05) is 9.71 Å². The topological polar surface area (TPSA) is 19.6 Å². The molecule has 10 aromatic carbocycles. The zero-order valence-corrected chi connectivity index (χ0v) is 38.5. The van der Waals surface area contributed by atoms with E-state index in [1.54, 1.807) is 0 Å². The van der Waals surface area contributed by atoms with E-state index < -0.39 is 8.07 Å². The van der Waals surface area contributed by atoms with Crippen LogP contribution in [0.25, 0.3) is 66.1 Å². The molecule has 5 heterocycles. The lowest BCUT2D eigenvalue weighted by Gasteiger charge is -2.52. The highest BCUT2D eigenvalue weighted by atomic mass is 28.3. The highest BCUT2D eigenvalue weighted by molar-refractivity contribution is 7.24. The minimum atomic E-state index is -2.86. The van der Waals surface area contributed by atoms with Crippen LogP contribution in [-0.2, 0) is 5.41 Å². The largest absolute Gasteiger partial charge is 0.456 e. The molecule has 0 amide bonds. The van der Waals surface area contributed by atoms with Gasteiger partial charge in [0.1, 0.15) is 11.2 Å². The summed E-state index contributed by atoms with van der Waals surface area (Å²) in [6, 6.07) is 78.3. The molecule has 0 radical (unpaired) electrons. The van der Waals surface area contributed by atoms with Gasteiger partial charge in [0.25, 0.3) is 0 Å². The average Bonchev–Trinajstić information content (AvgIpc) is 3.90. The van der Waals surface area contributed by atoms with Crippen LogP contribution in [0.5, 0.6) is 0 Å². The number of benzene rings is 10. The first-order chi connectivity index (χ1) is 32.9. The van der Waals surface area contributed by atoms with Crippen molar-refractivity contribution < 1.29 is 4.42 Å². The molecule has 0 fully saturated rings. The van der Waals surface area contributed by atoms with Gasteiger partial charge in [-0.25, -0.2) is 0 Å². The summed E-state index contributed by atoms with van der Waals surface area (Å²) in [6.07, 6.45) is 0. The van der Waals surface area contributed by atoms with Gasteiger partial charge in [-0.15, -0.1) is 0 Å². The fourth-order valence-electron chi connectivity index (χ4n) is 12.9. The van der Waals surface area contributed by atoms with E-state index in [1.807, 2.05) is 0 Å². The standard InChI is InChI=1S/C62H43BN2OSi/c1-62(2,3)40-32-33-47(46(37-40)38-18-5-4-6-19-38)64-49-34-35-52-58(44-24-9-13-27-51(44)66-52)59(49)63-60-50(64)36-39-20-7-8-21-41(39)57(60)45-25-17-31-56-61(45)65(63)48-26-12-16-30-55(48)67(56)53-28-14-10-22-42(53)43-23-11-15-29-54(43)67/h4-37H,1-3H3. The molecule has 5 heteroatoms. The summed E-state index contributed by atoms with van der Waals surface area (Å²) in [5.74, 6) is 0. The second kappa shape index (κ2) is 13.2. The molecule has 0 saturated carbocycles. The fourth-order valence-corrected chi connectivity index (χ4v) is 18.5. The number of furan rings is 1. The maximum atomic E-state index is 6.87. The maximum Gasteiger partial charge on any atom is 0.333 e. The molecule has 15 rings (SSSR count). The molecule has 0 aliphatic carbocycles. The molecule has 3 nitrogen and oxygen atoms in total. The fraction of sp³-hybridized carbons (Fsp3) is 0.0645. The number of rotatable bonds is 2. The van der Waals surface area contributed by atoms with Crippen molar-refractivity contribution >= 4 is 108 Å². The predicted octanol–water partition coefficient (Wildman–Crippen LogP) is 12.1. The van der Waals surface area contributed by atoms with Crippen LogP contribution in [0.3, 0.4) is 0 Å². The van der Waals surface area contributed by atoms with E-state index in [4.69, 9.17) is 4.42 Å². The van der Waals surface area contributed by atoms with Crippen molar-refractivity contribution in [3.8, 4) is 33.4 Å². The first kappa shape index (κ1) is 37.4. The van der Waals surface area contributed by atoms with Gasteiger partial charge in [0.05, 0.1) is 5.69 Å². The third kappa shape index (κ3) is 4.72. The average molecular weight is 871 g/mol. The van der Waals surface area contributed by atoms with Crippen LogP contribution in [0.15, 0.2) is 211 Å². The maximum absolute atomic E-state index is 6.87. The van der Waals surface area contributed by atoms with E-state index in [9.17, 15) is 0 Å². The van der Waals surface area contributed by atoms with Crippen LogP contribution in [-0.4, -0.2) is 14.9 Å². The molecule has 4 aliphatic heterocycles. The summed E-state index contributed by atoms with van der Waals surface area (Å²) >= 11 is 0. The van der Waals surface area contributed by atoms with E-state index >= 15 is 0 Å². The van der Waals surface area contributed by atoms with Gasteiger partial charge in [0.15, 0.2) is 8.07 Å². The Kier molecular flexibility index (Phi) is 7.34. The summed E-state index contributed by atoms with van der Waals surface area (Å²) in [5, 5.41) is 10.7. The second-order valence-corrected chi connectivity index (χ2v) is 23.5. The molecule has 4 aliphatic rings. The van der Waals surface area contributed by atoms with Gasteiger partial charge in [-0.05, 0) is 118 Å². The first-order valence-corrected chi connectivity index (χ1v) is 25.6. The quantitative estimate of drug-likeness (QED) is 0.161. The molecular weight excluding hydrogens is 828 g/mol. The summed E-state index contributed by atoms with van der Waals surface area (Å²) < 4.78 is 6.87. The molecule has 1 spiro atoms. The van der Waals surface area contributed by atoms with Gasteiger partial charge in [-0.2, -0.15) is 0 Å². The summed E-state index contributed by atoms with van der Waals surface area (Å²) in [5.41, 5.74) is 19.6. The Hall–Kier alpha value is -7.86. The number of anilines is 5. The van der Waals surface area contributed by atoms with Crippen molar-refractivity contribution in [2.45, 2.75) is 26.2 Å². The van der Waals surface area contributed by atoms with E-state index in [2.05, 4.69) is 237 Å². The highest BCUT2D eigenvalue weighted by Crippen LogP contribution is 2.53. The smallest absolute Gasteiger partial charge is 0.333 e. The molecule has 0 atom stereocenters. The lowest BCUT2D eigenvalue weighted by molar-refractivity contribution is 0.590. The van der Waals surface area contributed by atoms with Crippen LogP contribution < -0.4 is 41.4 Å². The molecular formula is C62H43BN2OSi. The number of hydrogen-bond donors (Lipinski definition) is 0. The van der Waals surface area contributed by atoms with Gasteiger partial charge >= 0.3 is 6.85 Å². The van der Waals surface area contributed by atoms with E-state index in [0.717, 1.165) is 22.2 Å². The Morgan fingerprint density at radius 3 is 1.88 bits per heavy atom. The van der Waals surface area contributed by atoms with Crippen LogP contribution in [0.4, 0.5) is 28.4 Å². The minimum Gasteiger partial charge on any atom is -0.456 e.